The number of piperidine rings is 1. The summed E-state index contributed by atoms with van der Waals surface area (Å²) in [6, 6.07) is 7.70. The Morgan fingerprint density at radius 3 is 2.55 bits per heavy atom. The second-order valence-electron chi connectivity index (χ2n) is 6.89. The van der Waals surface area contributed by atoms with Gasteiger partial charge in [0.25, 0.3) is 0 Å². The summed E-state index contributed by atoms with van der Waals surface area (Å²) in [4.78, 5) is 31.0. The van der Waals surface area contributed by atoms with Crippen molar-refractivity contribution in [1.82, 2.24) is 14.5 Å². The minimum atomic E-state index is -0.270. The number of hydrogen-bond acceptors (Lipinski definition) is 6. The fraction of sp³-hybridized carbons (Fsp3) is 0.476. The predicted octanol–water partition coefficient (Wildman–Crippen LogP) is 3.16. The van der Waals surface area contributed by atoms with Crippen molar-refractivity contribution in [3.63, 3.8) is 0 Å². The number of methoxy groups -OCH3 is 1. The highest BCUT2D eigenvalue weighted by Crippen LogP contribution is 2.28. The number of esters is 1. The van der Waals surface area contributed by atoms with Gasteiger partial charge in [0.05, 0.1) is 24.9 Å². The topological polar surface area (TPSA) is 73.7 Å². The van der Waals surface area contributed by atoms with Gasteiger partial charge in [-0.05, 0) is 51.0 Å². The van der Waals surface area contributed by atoms with Crippen LogP contribution in [0.25, 0.3) is 5.69 Å². The number of carbonyl (C=O) groups is 2. The number of nitrogens with zero attached hydrogens (tertiary/aromatic N) is 3. The van der Waals surface area contributed by atoms with Crippen LogP contribution in [0.1, 0.15) is 26.7 Å². The van der Waals surface area contributed by atoms with Crippen LogP contribution in [0.2, 0.25) is 0 Å². The van der Waals surface area contributed by atoms with E-state index in [2.05, 4.69) is 4.98 Å². The number of ether oxygens (including phenoxy) is 2. The van der Waals surface area contributed by atoms with Crippen molar-refractivity contribution >= 4 is 23.6 Å². The van der Waals surface area contributed by atoms with E-state index in [1.807, 2.05) is 53.8 Å². The van der Waals surface area contributed by atoms with Gasteiger partial charge in [0.1, 0.15) is 5.75 Å². The Kier molecular flexibility index (Phi) is 7.19. The quantitative estimate of drug-likeness (QED) is 0.509. The number of imidazole rings is 1. The average Bonchev–Trinajstić information content (AvgIpc) is 3.21. The zero-order valence-corrected chi connectivity index (χ0v) is 17.9. The molecule has 1 aliphatic heterocycles. The van der Waals surface area contributed by atoms with Crippen LogP contribution in [0.5, 0.6) is 5.75 Å². The number of amides is 1. The summed E-state index contributed by atoms with van der Waals surface area (Å²) in [6.07, 6.45) is 4.92. The molecular weight excluding hydrogens is 390 g/mol. The number of benzene rings is 1. The third kappa shape index (κ3) is 5.12. The van der Waals surface area contributed by atoms with Gasteiger partial charge < -0.3 is 14.4 Å². The molecule has 1 atom stereocenters. The monoisotopic (exact) mass is 417 g/mol. The summed E-state index contributed by atoms with van der Waals surface area (Å²) < 4.78 is 12.3. The van der Waals surface area contributed by atoms with Crippen LogP contribution in [0, 0.1) is 5.92 Å². The molecule has 1 aromatic carbocycles. The minimum Gasteiger partial charge on any atom is -0.497 e. The van der Waals surface area contributed by atoms with Crippen molar-refractivity contribution in [3.05, 3.63) is 36.7 Å². The lowest BCUT2D eigenvalue weighted by Crippen LogP contribution is -2.43. The fourth-order valence-corrected chi connectivity index (χ4v) is 4.35. The van der Waals surface area contributed by atoms with Crippen LogP contribution >= 0.6 is 11.8 Å². The van der Waals surface area contributed by atoms with Crippen molar-refractivity contribution in [2.75, 3.05) is 26.8 Å². The molecule has 1 fully saturated rings. The van der Waals surface area contributed by atoms with Crippen molar-refractivity contribution in [1.29, 1.82) is 0 Å². The molecule has 8 heteroatoms. The summed E-state index contributed by atoms with van der Waals surface area (Å²) in [5, 5.41) is 0.492. The van der Waals surface area contributed by atoms with E-state index in [0.29, 0.717) is 32.5 Å². The van der Waals surface area contributed by atoms with Gasteiger partial charge in [0, 0.05) is 31.2 Å². The summed E-state index contributed by atoms with van der Waals surface area (Å²) in [6.45, 7) is 5.27. The molecule has 2 heterocycles. The van der Waals surface area contributed by atoms with Crippen LogP contribution in [0.3, 0.4) is 0 Å². The van der Waals surface area contributed by atoms with E-state index in [1.165, 1.54) is 11.8 Å². The maximum atomic E-state index is 12.9. The molecule has 2 aromatic rings. The number of aromatic nitrogens is 2. The third-order valence-corrected chi connectivity index (χ3v) is 6.08. The standard InChI is InChI=1S/C21H27N3O4S/c1-4-28-20(26)16-9-12-23(13-10-16)19(25)15(2)29-21-22-11-14-24(21)17-5-7-18(27-3)8-6-17/h5-8,11,14-16H,4,9-10,12-13H2,1-3H3. The molecule has 0 N–H and O–H groups in total. The Morgan fingerprint density at radius 2 is 1.93 bits per heavy atom. The molecule has 0 saturated carbocycles. The van der Waals surface area contributed by atoms with E-state index < -0.39 is 0 Å². The second kappa shape index (κ2) is 9.82. The molecule has 1 saturated heterocycles. The predicted molar refractivity (Wildman–Crippen MR) is 111 cm³/mol. The first-order valence-electron chi connectivity index (χ1n) is 9.83. The van der Waals surface area contributed by atoms with E-state index in [0.717, 1.165) is 16.6 Å². The Bertz CT molecular complexity index is 829. The third-order valence-electron chi connectivity index (χ3n) is 5.01. The first kappa shape index (κ1) is 21.2. The van der Waals surface area contributed by atoms with Crippen LogP contribution in [-0.2, 0) is 14.3 Å². The van der Waals surface area contributed by atoms with Crippen LogP contribution in [0.15, 0.2) is 41.8 Å². The molecule has 0 bridgehead atoms. The lowest BCUT2D eigenvalue weighted by atomic mass is 9.97. The van der Waals surface area contributed by atoms with Gasteiger partial charge in [0.15, 0.2) is 5.16 Å². The van der Waals surface area contributed by atoms with Gasteiger partial charge in [-0.25, -0.2) is 4.98 Å². The maximum Gasteiger partial charge on any atom is 0.309 e. The first-order chi connectivity index (χ1) is 14.0. The lowest BCUT2D eigenvalue weighted by molar-refractivity contribution is -0.151. The van der Waals surface area contributed by atoms with Gasteiger partial charge in [-0.3, -0.25) is 14.2 Å². The van der Waals surface area contributed by atoms with Crippen LogP contribution < -0.4 is 4.74 Å². The summed E-state index contributed by atoms with van der Waals surface area (Å²) >= 11 is 1.44. The van der Waals surface area contributed by atoms with E-state index in [1.54, 1.807) is 13.3 Å². The van der Waals surface area contributed by atoms with Crippen LogP contribution in [0.4, 0.5) is 0 Å². The summed E-state index contributed by atoms with van der Waals surface area (Å²) in [5.41, 5.74) is 0.959. The summed E-state index contributed by atoms with van der Waals surface area (Å²) in [5.74, 6) is 0.610. The molecule has 1 amide bonds. The largest absolute Gasteiger partial charge is 0.497 e. The Hall–Kier alpha value is -2.48. The molecule has 0 aliphatic carbocycles. The lowest BCUT2D eigenvalue weighted by Gasteiger charge is -2.32. The van der Waals surface area contributed by atoms with Crippen molar-refractivity contribution in [2.45, 2.75) is 37.1 Å². The number of thioether (sulfide) groups is 1. The average molecular weight is 418 g/mol. The van der Waals surface area contributed by atoms with Crippen molar-refractivity contribution < 1.29 is 19.1 Å². The van der Waals surface area contributed by atoms with E-state index >= 15 is 0 Å². The molecule has 1 aliphatic rings. The van der Waals surface area contributed by atoms with E-state index in [4.69, 9.17) is 9.47 Å². The molecule has 3 rings (SSSR count). The Morgan fingerprint density at radius 1 is 1.24 bits per heavy atom. The highest BCUT2D eigenvalue weighted by molar-refractivity contribution is 8.00. The highest BCUT2D eigenvalue weighted by Gasteiger charge is 2.30. The Labute approximate surface area is 175 Å². The van der Waals surface area contributed by atoms with Crippen molar-refractivity contribution in [2.24, 2.45) is 5.92 Å². The summed E-state index contributed by atoms with van der Waals surface area (Å²) in [7, 11) is 1.64. The fourth-order valence-electron chi connectivity index (χ4n) is 3.38. The van der Waals surface area contributed by atoms with Crippen molar-refractivity contribution in [3.8, 4) is 11.4 Å². The zero-order chi connectivity index (χ0) is 20.8. The van der Waals surface area contributed by atoms with Gasteiger partial charge in [-0.15, -0.1) is 0 Å². The smallest absolute Gasteiger partial charge is 0.309 e. The normalized spacial score (nSPS) is 15.8. The van der Waals surface area contributed by atoms with E-state index in [9.17, 15) is 9.59 Å². The van der Waals surface area contributed by atoms with Gasteiger partial charge in [-0.2, -0.15) is 0 Å². The Balaban J connectivity index is 1.59. The SMILES string of the molecule is CCOC(=O)C1CCN(C(=O)C(C)Sc2nccn2-c2ccc(OC)cc2)CC1. The molecule has 0 spiro atoms. The zero-order valence-electron chi connectivity index (χ0n) is 17.0. The molecule has 156 valence electrons. The van der Waals surface area contributed by atoms with Crippen LogP contribution in [-0.4, -0.2) is 58.4 Å². The first-order valence-corrected chi connectivity index (χ1v) is 10.7. The molecule has 29 heavy (non-hydrogen) atoms. The molecule has 1 unspecified atom stereocenters. The second-order valence-corrected chi connectivity index (χ2v) is 8.20. The molecular formula is C21H27N3O4S. The highest BCUT2D eigenvalue weighted by atomic mass is 32.2. The van der Waals surface area contributed by atoms with Gasteiger partial charge >= 0.3 is 5.97 Å². The number of likely N-dealkylation sites (tertiary alicyclic amines) is 1. The van der Waals surface area contributed by atoms with Gasteiger partial charge in [-0.1, -0.05) is 11.8 Å². The molecule has 7 nitrogen and oxygen atoms in total. The molecule has 0 radical (unpaired) electrons. The van der Waals surface area contributed by atoms with E-state index in [-0.39, 0.29) is 23.0 Å². The minimum absolute atomic E-state index is 0.0709. The number of carbonyl (C=O) groups excluding carboxylic acids is 2. The van der Waals surface area contributed by atoms with Gasteiger partial charge in [0.2, 0.25) is 5.91 Å². The number of hydrogen-bond donors (Lipinski definition) is 0. The number of rotatable bonds is 7. The maximum absolute atomic E-state index is 12.9. The molecule has 1 aromatic heterocycles.